The van der Waals surface area contributed by atoms with Crippen molar-refractivity contribution in [1.82, 2.24) is 9.97 Å². The van der Waals surface area contributed by atoms with Crippen molar-refractivity contribution < 1.29 is 4.92 Å². The Labute approximate surface area is 116 Å². The highest BCUT2D eigenvalue weighted by Crippen LogP contribution is 2.39. The van der Waals surface area contributed by atoms with Gasteiger partial charge in [0.1, 0.15) is 6.33 Å². The minimum Gasteiger partial charge on any atom is -0.364 e. The van der Waals surface area contributed by atoms with Crippen molar-refractivity contribution in [3.8, 4) is 0 Å². The second kappa shape index (κ2) is 6.70. The van der Waals surface area contributed by atoms with Gasteiger partial charge in [0, 0.05) is 11.8 Å². The molecule has 1 aromatic rings. The van der Waals surface area contributed by atoms with Crippen LogP contribution in [0.3, 0.4) is 0 Å². The van der Waals surface area contributed by atoms with E-state index in [9.17, 15) is 10.1 Å². The number of aromatic nitrogens is 2. The molecule has 0 unspecified atom stereocenters. The zero-order valence-electron chi connectivity index (χ0n) is 11.0. The summed E-state index contributed by atoms with van der Waals surface area (Å²) in [4.78, 5) is 19.0. The van der Waals surface area contributed by atoms with Crippen LogP contribution < -0.4 is 5.32 Å². The van der Waals surface area contributed by atoms with Gasteiger partial charge in [-0.3, -0.25) is 10.1 Å². The lowest BCUT2D eigenvalue weighted by atomic mass is 10.4. The number of thioether (sulfide) groups is 1. The van der Waals surface area contributed by atoms with Crippen molar-refractivity contribution in [1.29, 1.82) is 0 Å². The average Bonchev–Trinajstić information content (AvgIpc) is 2.89. The van der Waals surface area contributed by atoms with Crippen LogP contribution >= 0.6 is 11.8 Å². The highest BCUT2D eigenvalue weighted by atomic mass is 32.2. The molecule has 2 rings (SSSR count). The van der Waals surface area contributed by atoms with Crippen molar-refractivity contribution in [2.24, 2.45) is 0 Å². The Morgan fingerprint density at radius 3 is 2.84 bits per heavy atom. The van der Waals surface area contributed by atoms with Gasteiger partial charge in [-0.05, 0) is 19.3 Å². The molecule has 1 aliphatic rings. The van der Waals surface area contributed by atoms with Crippen LogP contribution in [0.25, 0.3) is 0 Å². The van der Waals surface area contributed by atoms with Crippen LogP contribution in [0.4, 0.5) is 11.5 Å². The quantitative estimate of drug-likeness (QED) is 0.490. The Morgan fingerprint density at radius 2 is 2.21 bits per heavy atom. The SMILES string of the molecule is CCCNc1ncnc(SC2CCCC2)c1[N+](=O)[O-]. The van der Waals surface area contributed by atoms with E-state index in [0.29, 0.717) is 22.6 Å². The Balaban J connectivity index is 2.22. The third-order valence-electron chi connectivity index (χ3n) is 3.09. The molecule has 1 aliphatic carbocycles. The van der Waals surface area contributed by atoms with Gasteiger partial charge in [0.05, 0.1) is 4.92 Å². The Hall–Kier alpha value is -1.37. The molecule has 0 radical (unpaired) electrons. The van der Waals surface area contributed by atoms with Crippen molar-refractivity contribution >= 4 is 23.3 Å². The third-order valence-corrected chi connectivity index (χ3v) is 4.42. The van der Waals surface area contributed by atoms with Gasteiger partial charge in [0.15, 0.2) is 5.03 Å². The van der Waals surface area contributed by atoms with Crippen molar-refractivity contribution in [3.63, 3.8) is 0 Å². The van der Waals surface area contributed by atoms with E-state index in [1.165, 1.54) is 30.9 Å². The van der Waals surface area contributed by atoms with Crippen LogP contribution in [-0.2, 0) is 0 Å². The summed E-state index contributed by atoms with van der Waals surface area (Å²) in [5, 5.41) is 15.2. The highest BCUT2D eigenvalue weighted by Gasteiger charge is 2.26. The fraction of sp³-hybridized carbons (Fsp3) is 0.667. The molecule has 0 bridgehead atoms. The zero-order valence-corrected chi connectivity index (χ0v) is 11.8. The van der Waals surface area contributed by atoms with Crippen molar-refractivity contribution in [2.75, 3.05) is 11.9 Å². The summed E-state index contributed by atoms with van der Waals surface area (Å²) in [6.45, 7) is 2.68. The topological polar surface area (TPSA) is 81.0 Å². The van der Waals surface area contributed by atoms with Gasteiger partial charge in [-0.2, -0.15) is 0 Å². The molecule has 0 saturated heterocycles. The molecule has 1 aromatic heterocycles. The molecule has 0 aromatic carbocycles. The molecule has 1 heterocycles. The van der Waals surface area contributed by atoms with Gasteiger partial charge >= 0.3 is 5.69 Å². The molecule has 0 atom stereocenters. The maximum absolute atomic E-state index is 11.3. The van der Waals surface area contributed by atoms with Crippen LogP contribution in [0.15, 0.2) is 11.4 Å². The predicted octanol–water partition coefficient (Wildman–Crippen LogP) is 3.24. The Kier molecular flexibility index (Phi) is 4.95. The van der Waals surface area contributed by atoms with E-state index >= 15 is 0 Å². The standard InChI is InChI=1S/C12H18N4O2S/c1-2-7-13-11-10(16(17)18)12(15-8-14-11)19-9-5-3-4-6-9/h8-9H,2-7H2,1H3,(H,13,14,15). The summed E-state index contributed by atoms with van der Waals surface area (Å²) >= 11 is 1.52. The van der Waals surface area contributed by atoms with Crippen molar-refractivity contribution in [3.05, 3.63) is 16.4 Å². The zero-order chi connectivity index (χ0) is 13.7. The summed E-state index contributed by atoms with van der Waals surface area (Å²) < 4.78 is 0. The van der Waals surface area contributed by atoms with Crippen molar-refractivity contribution in [2.45, 2.75) is 49.3 Å². The summed E-state index contributed by atoms with van der Waals surface area (Å²) in [6.07, 6.45) is 6.94. The van der Waals surface area contributed by atoms with E-state index in [0.717, 1.165) is 19.3 Å². The number of hydrogen-bond acceptors (Lipinski definition) is 6. The largest absolute Gasteiger partial charge is 0.364 e. The lowest BCUT2D eigenvalue weighted by molar-refractivity contribution is -0.387. The maximum Gasteiger partial charge on any atom is 0.343 e. The van der Waals surface area contributed by atoms with Crippen LogP contribution in [0.5, 0.6) is 0 Å². The Morgan fingerprint density at radius 1 is 1.47 bits per heavy atom. The van der Waals surface area contributed by atoms with E-state index in [2.05, 4.69) is 15.3 Å². The lowest BCUT2D eigenvalue weighted by Crippen LogP contribution is -2.08. The second-order valence-corrected chi connectivity index (χ2v) is 5.87. The number of nitrogens with one attached hydrogen (secondary N) is 1. The minimum atomic E-state index is -0.380. The third kappa shape index (κ3) is 3.56. The monoisotopic (exact) mass is 282 g/mol. The maximum atomic E-state index is 11.3. The molecule has 6 nitrogen and oxygen atoms in total. The Bertz CT molecular complexity index is 449. The van der Waals surface area contributed by atoms with Gasteiger partial charge in [0.2, 0.25) is 5.82 Å². The molecule has 19 heavy (non-hydrogen) atoms. The van der Waals surface area contributed by atoms with Gasteiger partial charge < -0.3 is 5.32 Å². The molecular weight excluding hydrogens is 264 g/mol. The highest BCUT2D eigenvalue weighted by molar-refractivity contribution is 8.00. The number of nitro groups is 1. The first-order valence-electron chi connectivity index (χ1n) is 6.62. The first-order chi connectivity index (χ1) is 9.22. The van der Waals surface area contributed by atoms with Crippen LogP contribution in [0, 0.1) is 10.1 Å². The lowest BCUT2D eigenvalue weighted by Gasteiger charge is -2.10. The van der Waals surface area contributed by atoms with Gasteiger partial charge in [-0.25, -0.2) is 9.97 Å². The van der Waals surface area contributed by atoms with Gasteiger partial charge in [-0.1, -0.05) is 31.5 Å². The average molecular weight is 282 g/mol. The van der Waals surface area contributed by atoms with Gasteiger partial charge in [-0.15, -0.1) is 0 Å². The second-order valence-electron chi connectivity index (χ2n) is 4.58. The van der Waals surface area contributed by atoms with Crippen LogP contribution in [-0.4, -0.2) is 26.7 Å². The summed E-state index contributed by atoms with van der Waals surface area (Å²) in [5.74, 6) is 0.336. The number of anilines is 1. The number of hydrogen-bond donors (Lipinski definition) is 1. The molecule has 0 aliphatic heterocycles. The van der Waals surface area contributed by atoms with E-state index in [1.807, 2.05) is 6.92 Å². The first kappa shape index (κ1) is 14.0. The molecule has 0 amide bonds. The van der Waals surface area contributed by atoms with Crippen LogP contribution in [0.1, 0.15) is 39.0 Å². The predicted molar refractivity (Wildman–Crippen MR) is 75.6 cm³/mol. The summed E-state index contributed by atoms with van der Waals surface area (Å²) in [5.41, 5.74) is 0.0212. The molecule has 0 spiro atoms. The van der Waals surface area contributed by atoms with Crippen LogP contribution in [0.2, 0.25) is 0 Å². The fourth-order valence-corrected chi connectivity index (χ4v) is 3.43. The minimum absolute atomic E-state index is 0.0212. The first-order valence-corrected chi connectivity index (χ1v) is 7.50. The van der Waals surface area contributed by atoms with E-state index in [1.54, 1.807) is 0 Å². The van der Waals surface area contributed by atoms with E-state index < -0.39 is 0 Å². The molecular formula is C12H18N4O2S. The summed E-state index contributed by atoms with van der Waals surface area (Å²) in [7, 11) is 0. The van der Waals surface area contributed by atoms with Gasteiger partial charge in [0.25, 0.3) is 0 Å². The molecule has 7 heteroatoms. The smallest absolute Gasteiger partial charge is 0.343 e. The summed E-state index contributed by atoms with van der Waals surface area (Å²) in [6, 6.07) is 0. The molecule has 1 fully saturated rings. The number of nitrogens with zero attached hydrogens (tertiary/aromatic N) is 3. The molecule has 1 saturated carbocycles. The number of rotatable bonds is 6. The van der Waals surface area contributed by atoms with E-state index in [-0.39, 0.29) is 10.6 Å². The van der Waals surface area contributed by atoms with E-state index in [4.69, 9.17) is 0 Å². The molecule has 1 N–H and O–H groups in total. The fourth-order valence-electron chi connectivity index (χ4n) is 2.15. The molecule has 104 valence electrons. The normalized spacial score (nSPS) is 15.6.